The number of anilines is 3. The summed E-state index contributed by atoms with van der Waals surface area (Å²) < 4.78 is 48.2. The van der Waals surface area contributed by atoms with Gasteiger partial charge in [0.15, 0.2) is 0 Å². The van der Waals surface area contributed by atoms with Crippen LogP contribution in [0, 0.1) is 0 Å². The van der Waals surface area contributed by atoms with Crippen molar-refractivity contribution >= 4 is 60.5 Å². The Labute approximate surface area is 327 Å². The van der Waals surface area contributed by atoms with Gasteiger partial charge in [0.1, 0.15) is 11.2 Å². The van der Waals surface area contributed by atoms with E-state index in [1.165, 1.54) is 33.0 Å². The standard InChI is InChI=1S/C53H37NO/c1-53(2)48-21-11-10-19-42(48)43-30-28-39(32-49(43)53)54(50-22-12-16-35-15-6-7-17-40(35)50)38-26-23-36(24-27-38)46-33-47-44-29-25-37(34-13-4-3-5-14-34)31-51(44)55-52(47)45-20-9-8-18-41(45)46/h3-33H,1-2H3/i3D,4D,5D,13D,14D. The molecule has 260 valence electrons. The molecule has 0 N–H and O–H groups in total. The van der Waals surface area contributed by atoms with Crippen molar-refractivity contribution in [2.24, 2.45) is 0 Å². The van der Waals surface area contributed by atoms with Gasteiger partial charge in [0, 0.05) is 38.3 Å². The highest BCUT2D eigenvalue weighted by Crippen LogP contribution is 2.51. The fourth-order valence-electron chi connectivity index (χ4n) is 8.84. The molecule has 11 rings (SSSR count). The average Bonchev–Trinajstić information content (AvgIpc) is 3.76. The molecule has 0 atom stereocenters. The van der Waals surface area contributed by atoms with Gasteiger partial charge < -0.3 is 9.32 Å². The Morgan fingerprint density at radius 1 is 0.473 bits per heavy atom. The van der Waals surface area contributed by atoms with Crippen LogP contribution in [0.15, 0.2) is 192 Å². The maximum atomic E-state index is 8.56. The van der Waals surface area contributed by atoms with Crippen LogP contribution in [0.2, 0.25) is 0 Å². The minimum absolute atomic E-state index is 0.144. The number of fused-ring (bicyclic) bond motifs is 9. The number of hydrogen-bond acceptors (Lipinski definition) is 2. The predicted molar refractivity (Wildman–Crippen MR) is 232 cm³/mol. The maximum absolute atomic E-state index is 8.56. The van der Waals surface area contributed by atoms with Gasteiger partial charge in [-0.15, -0.1) is 0 Å². The third kappa shape index (κ3) is 4.88. The van der Waals surface area contributed by atoms with E-state index in [1.807, 2.05) is 24.3 Å². The first-order chi connectivity index (χ1) is 29.1. The molecule has 1 aromatic heterocycles. The van der Waals surface area contributed by atoms with Crippen molar-refractivity contribution in [2.75, 3.05) is 4.90 Å². The lowest BCUT2D eigenvalue weighted by atomic mass is 9.82. The van der Waals surface area contributed by atoms with Crippen molar-refractivity contribution in [3.8, 4) is 33.4 Å². The van der Waals surface area contributed by atoms with Crippen LogP contribution >= 0.6 is 0 Å². The zero-order valence-electron chi connectivity index (χ0n) is 35.4. The molecule has 0 saturated carbocycles. The molecule has 2 heteroatoms. The lowest BCUT2D eigenvalue weighted by Crippen LogP contribution is -2.16. The largest absolute Gasteiger partial charge is 0.455 e. The van der Waals surface area contributed by atoms with E-state index in [4.69, 9.17) is 11.3 Å². The summed E-state index contributed by atoms with van der Waals surface area (Å²) in [7, 11) is 0. The molecule has 0 fully saturated rings. The molecule has 1 heterocycles. The molecule has 0 aliphatic heterocycles. The molecule has 2 nitrogen and oxygen atoms in total. The lowest BCUT2D eigenvalue weighted by Gasteiger charge is -2.29. The third-order valence-corrected chi connectivity index (χ3v) is 11.5. The molecule has 0 radical (unpaired) electrons. The Kier molecular flexibility index (Phi) is 5.88. The quantitative estimate of drug-likeness (QED) is 0.177. The molecule has 0 saturated heterocycles. The van der Waals surface area contributed by atoms with E-state index in [-0.39, 0.29) is 35.1 Å². The molecule has 1 aliphatic rings. The van der Waals surface area contributed by atoms with Gasteiger partial charge in [-0.1, -0.05) is 153 Å². The number of benzene rings is 9. The van der Waals surface area contributed by atoms with E-state index in [2.05, 4.69) is 146 Å². The summed E-state index contributed by atoms with van der Waals surface area (Å²) in [5.41, 5.74) is 12.5. The number of hydrogen-bond donors (Lipinski definition) is 0. The number of nitrogens with zero attached hydrogens (tertiary/aromatic N) is 1. The maximum Gasteiger partial charge on any atom is 0.143 e. The van der Waals surface area contributed by atoms with Gasteiger partial charge in [0.2, 0.25) is 0 Å². The van der Waals surface area contributed by atoms with Gasteiger partial charge in [0.25, 0.3) is 0 Å². The van der Waals surface area contributed by atoms with Crippen molar-refractivity contribution in [1.82, 2.24) is 0 Å². The Morgan fingerprint density at radius 2 is 1.16 bits per heavy atom. The van der Waals surface area contributed by atoms with E-state index < -0.39 is 6.04 Å². The summed E-state index contributed by atoms with van der Waals surface area (Å²) >= 11 is 0. The summed E-state index contributed by atoms with van der Waals surface area (Å²) in [6.07, 6.45) is 0. The lowest BCUT2D eigenvalue weighted by molar-refractivity contribution is 0.660. The van der Waals surface area contributed by atoms with Gasteiger partial charge in [-0.25, -0.2) is 0 Å². The van der Waals surface area contributed by atoms with Gasteiger partial charge in [-0.3, -0.25) is 0 Å². The molecular weight excluding hydrogens is 667 g/mol. The molecule has 0 spiro atoms. The van der Waals surface area contributed by atoms with Crippen LogP contribution < -0.4 is 4.90 Å². The third-order valence-electron chi connectivity index (χ3n) is 11.5. The Morgan fingerprint density at radius 3 is 2.02 bits per heavy atom. The van der Waals surface area contributed by atoms with E-state index >= 15 is 0 Å². The summed E-state index contributed by atoms with van der Waals surface area (Å²) in [5, 5.41) is 6.19. The molecule has 0 bridgehead atoms. The van der Waals surface area contributed by atoms with Gasteiger partial charge >= 0.3 is 0 Å². The molecule has 1 aliphatic carbocycles. The smallest absolute Gasteiger partial charge is 0.143 e. The highest BCUT2D eigenvalue weighted by atomic mass is 16.3. The number of furan rings is 1. The summed E-state index contributed by atoms with van der Waals surface area (Å²) in [5.74, 6) is 0. The van der Waals surface area contributed by atoms with Crippen LogP contribution in [-0.2, 0) is 5.41 Å². The second kappa shape index (κ2) is 12.1. The van der Waals surface area contributed by atoms with Crippen LogP contribution in [0.1, 0.15) is 31.8 Å². The molecule has 10 aromatic rings. The highest BCUT2D eigenvalue weighted by Gasteiger charge is 2.35. The molecule has 9 aromatic carbocycles. The van der Waals surface area contributed by atoms with Gasteiger partial charge in [-0.2, -0.15) is 0 Å². The molecular formula is C53H37NO. The number of rotatable bonds is 5. The van der Waals surface area contributed by atoms with Crippen LogP contribution in [0.4, 0.5) is 17.1 Å². The van der Waals surface area contributed by atoms with Gasteiger partial charge in [0.05, 0.1) is 12.5 Å². The van der Waals surface area contributed by atoms with Crippen molar-refractivity contribution in [3.63, 3.8) is 0 Å². The summed E-state index contributed by atoms with van der Waals surface area (Å²) in [4.78, 5) is 2.38. The van der Waals surface area contributed by atoms with Crippen LogP contribution in [0.25, 0.3) is 76.9 Å². The minimum atomic E-state index is -0.412. The second-order valence-corrected chi connectivity index (χ2v) is 14.9. The first-order valence-electron chi connectivity index (χ1n) is 21.2. The summed E-state index contributed by atoms with van der Waals surface area (Å²) in [6.45, 7) is 4.64. The Balaban J connectivity index is 1.06. The van der Waals surface area contributed by atoms with Crippen LogP contribution in [0.5, 0.6) is 0 Å². The first kappa shape index (κ1) is 26.8. The van der Waals surface area contributed by atoms with Crippen molar-refractivity contribution in [2.45, 2.75) is 19.3 Å². The van der Waals surface area contributed by atoms with Crippen LogP contribution in [0.3, 0.4) is 0 Å². The zero-order chi connectivity index (χ0) is 41.0. The Hall–Kier alpha value is -6.90. The Bertz CT molecular complexity index is 3390. The molecule has 0 unspecified atom stereocenters. The average molecular weight is 709 g/mol. The van der Waals surface area contributed by atoms with E-state index in [9.17, 15) is 0 Å². The van der Waals surface area contributed by atoms with Crippen LogP contribution in [-0.4, -0.2) is 0 Å². The van der Waals surface area contributed by atoms with Crippen molar-refractivity contribution in [1.29, 1.82) is 0 Å². The highest BCUT2D eigenvalue weighted by molar-refractivity contribution is 6.19. The topological polar surface area (TPSA) is 16.4 Å². The molecule has 0 amide bonds. The van der Waals surface area contributed by atoms with E-state index in [0.29, 0.717) is 11.1 Å². The SMILES string of the molecule is [2H]c1c([2H])c([2H])c(-c2ccc3c(c2)oc2c4ccccc4c(-c4ccc(N(c5ccc6c(c5)C(C)(C)c5ccccc5-6)c5cccc6ccccc56)cc4)cc32)c([2H])c1[2H]. The van der Waals surface area contributed by atoms with E-state index in [0.717, 1.165) is 55.3 Å². The first-order valence-corrected chi connectivity index (χ1v) is 18.7. The van der Waals surface area contributed by atoms with Crippen molar-refractivity contribution < 1.29 is 11.3 Å². The zero-order valence-corrected chi connectivity index (χ0v) is 30.4. The predicted octanol–water partition coefficient (Wildman–Crippen LogP) is 15.0. The normalized spacial score (nSPS) is 14.3. The minimum Gasteiger partial charge on any atom is -0.455 e. The second-order valence-electron chi connectivity index (χ2n) is 14.9. The fourth-order valence-corrected chi connectivity index (χ4v) is 8.84. The van der Waals surface area contributed by atoms with Gasteiger partial charge in [-0.05, 0) is 104 Å². The summed E-state index contributed by atoms with van der Waals surface area (Å²) in [6, 6.07) is 53.9. The monoisotopic (exact) mass is 708 g/mol. The van der Waals surface area contributed by atoms with Crippen molar-refractivity contribution in [3.05, 3.63) is 199 Å². The van der Waals surface area contributed by atoms with E-state index in [1.54, 1.807) is 6.07 Å². The molecule has 55 heavy (non-hydrogen) atoms. The fraction of sp³-hybridized carbons (Fsp3) is 0.0566.